The molecule has 2 aromatic rings. The van der Waals surface area contributed by atoms with E-state index >= 15 is 0 Å². The lowest BCUT2D eigenvalue weighted by Crippen LogP contribution is -2.32. The van der Waals surface area contributed by atoms with Crippen LogP contribution in [-0.4, -0.2) is 28.2 Å². The number of hydrogen-bond acceptors (Lipinski definition) is 4. The van der Waals surface area contributed by atoms with E-state index < -0.39 is 0 Å². The van der Waals surface area contributed by atoms with Crippen LogP contribution in [-0.2, 0) is 4.79 Å². The lowest BCUT2D eigenvalue weighted by Gasteiger charge is -2.21. The van der Waals surface area contributed by atoms with Gasteiger partial charge in [-0.2, -0.15) is 0 Å². The number of amides is 1. The van der Waals surface area contributed by atoms with Gasteiger partial charge in [0.25, 0.3) is 5.56 Å². The van der Waals surface area contributed by atoms with Crippen LogP contribution >= 0.6 is 11.8 Å². The van der Waals surface area contributed by atoms with Crippen LogP contribution in [0.2, 0.25) is 0 Å². The number of anilines is 1. The topological polar surface area (TPSA) is 66.1 Å². The number of benzene rings is 1. The van der Waals surface area contributed by atoms with Gasteiger partial charge in [-0.15, -0.1) is 0 Å². The summed E-state index contributed by atoms with van der Waals surface area (Å²) < 4.78 is 0. The van der Waals surface area contributed by atoms with E-state index in [4.69, 9.17) is 0 Å². The van der Waals surface area contributed by atoms with Crippen molar-refractivity contribution in [2.75, 3.05) is 17.2 Å². The molecule has 0 saturated heterocycles. The average Bonchev–Trinajstić information content (AvgIpc) is 2.45. The van der Waals surface area contributed by atoms with Crippen molar-refractivity contribution in [2.24, 2.45) is 0 Å². The summed E-state index contributed by atoms with van der Waals surface area (Å²) in [6.07, 6.45) is 0. The van der Waals surface area contributed by atoms with Gasteiger partial charge in [0.1, 0.15) is 0 Å². The lowest BCUT2D eigenvalue weighted by atomic mass is 10.2. The molecular formula is C16H19N3O2S. The van der Waals surface area contributed by atoms with Crippen LogP contribution in [0, 0.1) is 13.8 Å². The first kappa shape index (κ1) is 16.3. The molecule has 0 fully saturated rings. The molecule has 0 spiro atoms. The molecule has 0 bridgehead atoms. The van der Waals surface area contributed by atoms with Crippen molar-refractivity contribution in [3.05, 3.63) is 51.9 Å². The van der Waals surface area contributed by atoms with Gasteiger partial charge in [-0.25, -0.2) is 4.98 Å². The van der Waals surface area contributed by atoms with E-state index in [0.717, 1.165) is 11.3 Å². The Bertz CT molecular complexity index is 727. The zero-order valence-electron chi connectivity index (χ0n) is 12.9. The fourth-order valence-electron chi connectivity index (χ4n) is 2.13. The molecule has 1 aromatic carbocycles. The first-order valence-corrected chi connectivity index (χ1v) is 8.06. The third-order valence-electron chi connectivity index (χ3n) is 3.11. The third kappa shape index (κ3) is 4.21. The van der Waals surface area contributed by atoms with Gasteiger partial charge in [0.2, 0.25) is 5.91 Å². The molecule has 1 heterocycles. The van der Waals surface area contributed by atoms with E-state index in [1.807, 2.05) is 38.1 Å². The Balaban J connectivity index is 2.08. The minimum Gasteiger partial charge on any atom is -0.312 e. The highest BCUT2D eigenvalue weighted by atomic mass is 32.2. The number of carbonyl (C=O) groups is 1. The number of hydrogen-bond donors (Lipinski definition) is 1. The monoisotopic (exact) mass is 317 g/mol. The number of aromatic amines is 1. The number of rotatable bonds is 5. The molecule has 6 heteroatoms. The van der Waals surface area contributed by atoms with Crippen LogP contribution in [0.3, 0.4) is 0 Å². The molecule has 0 aliphatic rings. The molecule has 1 amide bonds. The SMILES string of the molecule is CCN(C(=O)CSc1nc(C)cc(=O)[nH]1)c1cccc(C)c1. The van der Waals surface area contributed by atoms with Gasteiger partial charge in [0.15, 0.2) is 5.16 Å². The summed E-state index contributed by atoms with van der Waals surface area (Å²) in [6, 6.07) is 9.27. The first-order valence-electron chi connectivity index (χ1n) is 7.07. The summed E-state index contributed by atoms with van der Waals surface area (Å²) in [4.78, 5) is 32.4. The predicted molar refractivity (Wildman–Crippen MR) is 89.5 cm³/mol. The van der Waals surface area contributed by atoms with Crippen molar-refractivity contribution in [2.45, 2.75) is 25.9 Å². The second-order valence-electron chi connectivity index (χ2n) is 4.96. The highest BCUT2D eigenvalue weighted by Gasteiger charge is 2.15. The molecule has 0 aliphatic carbocycles. The Hall–Kier alpha value is -2.08. The molecular weight excluding hydrogens is 298 g/mol. The van der Waals surface area contributed by atoms with Gasteiger partial charge in [0.05, 0.1) is 5.75 Å². The minimum atomic E-state index is -0.200. The minimum absolute atomic E-state index is 0.0118. The van der Waals surface area contributed by atoms with Crippen molar-refractivity contribution in [1.82, 2.24) is 9.97 Å². The van der Waals surface area contributed by atoms with Crippen LogP contribution in [0.25, 0.3) is 0 Å². The highest BCUT2D eigenvalue weighted by molar-refractivity contribution is 7.99. The highest BCUT2D eigenvalue weighted by Crippen LogP contribution is 2.19. The van der Waals surface area contributed by atoms with Gasteiger partial charge in [0, 0.05) is 24.0 Å². The van der Waals surface area contributed by atoms with E-state index in [9.17, 15) is 9.59 Å². The Morgan fingerprint density at radius 2 is 2.09 bits per heavy atom. The summed E-state index contributed by atoms with van der Waals surface area (Å²) >= 11 is 1.24. The molecule has 2 rings (SSSR count). The van der Waals surface area contributed by atoms with E-state index in [0.29, 0.717) is 17.4 Å². The van der Waals surface area contributed by atoms with Gasteiger partial charge >= 0.3 is 0 Å². The third-order valence-corrected chi connectivity index (χ3v) is 3.97. The molecule has 1 aromatic heterocycles. The van der Waals surface area contributed by atoms with Gasteiger partial charge in [-0.3, -0.25) is 9.59 Å². The second kappa shape index (κ2) is 7.26. The Morgan fingerprint density at radius 1 is 1.32 bits per heavy atom. The molecule has 0 atom stereocenters. The Labute approximate surface area is 133 Å². The fourth-order valence-corrected chi connectivity index (χ4v) is 2.92. The predicted octanol–water partition coefficient (Wildman–Crippen LogP) is 2.53. The number of aromatic nitrogens is 2. The summed E-state index contributed by atoms with van der Waals surface area (Å²) in [6.45, 7) is 6.29. The van der Waals surface area contributed by atoms with E-state index in [-0.39, 0.29) is 17.2 Å². The van der Waals surface area contributed by atoms with Crippen LogP contribution < -0.4 is 10.5 Å². The fraction of sp³-hybridized carbons (Fsp3) is 0.312. The molecule has 22 heavy (non-hydrogen) atoms. The first-order chi connectivity index (χ1) is 10.5. The van der Waals surface area contributed by atoms with Crippen molar-refractivity contribution in [3.63, 3.8) is 0 Å². The zero-order chi connectivity index (χ0) is 16.1. The number of H-pyrrole nitrogens is 1. The van der Waals surface area contributed by atoms with E-state index in [1.165, 1.54) is 17.8 Å². The van der Waals surface area contributed by atoms with Crippen LogP contribution in [0.15, 0.2) is 40.3 Å². The maximum absolute atomic E-state index is 12.4. The molecule has 5 nitrogen and oxygen atoms in total. The quantitative estimate of drug-likeness (QED) is 0.680. The number of carbonyl (C=O) groups excluding carboxylic acids is 1. The Morgan fingerprint density at radius 3 is 2.73 bits per heavy atom. The van der Waals surface area contributed by atoms with Gasteiger partial charge in [-0.1, -0.05) is 23.9 Å². The summed E-state index contributed by atoms with van der Waals surface area (Å²) in [5, 5.41) is 0.471. The van der Waals surface area contributed by atoms with Crippen molar-refractivity contribution in [1.29, 1.82) is 0 Å². The maximum Gasteiger partial charge on any atom is 0.251 e. The second-order valence-corrected chi connectivity index (χ2v) is 5.92. The number of aryl methyl sites for hydroxylation is 2. The summed E-state index contributed by atoms with van der Waals surface area (Å²) in [7, 11) is 0. The standard InChI is InChI=1S/C16H19N3O2S/c1-4-19(13-7-5-6-11(2)8-13)15(21)10-22-16-17-12(3)9-14(20)18-16/h5-9H,4,10H2,1-3H3,(H,17,18,20). The van der Waals surface area contributed by atoms with Crippen LogP contribution in [0.1, 0.15) is 18.2 Å². The molecule has 116 valence electrons. The number of thioether (sulfide) groups is 1. The molecule has 0 radical (unpaired) electrons. The lowest BCUT2D eigenvalue weighted by molar-refractivity contribution is -0.116. The van der Waals surface area contributed by atoms with E-state index in [2.05, 4.69) is 9.97 Å². The van der Waals surface area contributed by atoms with E-state index in [1.54, 1.807) is 11.8 Å². The molecule has 1 N–H and O–H groups in total. The number of nitrogens with zero attached hydrogens (tertiary/aromatic N) is 2. The largest absolute Gasteiger partial charge is 0.312 e. The van der Waals surface area contributed by atoms with Crippen molar-refractivity contribution >= 4 is 23.4 Å². The Kier molecular flexibility index (Phi) is 5.38. The zero-order valence-corrected chi connectivity index (χ0v) is 13.7. The molecule has 0 unspecified atom stereocenters. The van der Waals surface area contributed by atoms with Gasteiger partial charge < -0.3 is 9.88 Å². The normalized spacial score (nSPS) is 10.5. The number of nitrogens with one attached hydrogen (secondary N) is 1. The molecule has 0 saturated carbocycles. The smallest absolute Gasteiger partial charge is 0.251 e. The van der Waals surface area contributed by atoms with Crippen molar-refractivity contribution in [3.8, 4) is 0 Å². The molecule has 0 aliphatic heterocycles. The van der Waals surface area contributed by atoms with Gasteiger partial charge in [-0.05, 0) is 38.5 Å². The van der Waals surface area contributed by atoms with Crippen LogP contribution in [0.5, 0.6) is 0 Å². The average molecular weight is 317 g/mol. The van der Waals surface area contributed by atoms with Crippen molar-refractivity contribution < 1.29 is 4.79 Å². The summed E-state index contributed by atoms with van der Waals surface area (Å²) in [5.74, 6) is 0.219. The summed E-state index contributed by atoms with van der Waals surface area (Å²) in [5.41, 5.74) is 2.44. The maximum atomic E-state index is 12.4. The van der Waals surface area contributed by atoms with Crippen LogP contribution in [0.4, 0.5) is 5.69 Å².